The van der Waals surface area contributed by atoms with Crippen LogP contribution in [0.5, 0.6) is 5.75 Å². The van der Waals surface area contributed by atoms with Crippen molar-refractivity contribution >= 4 is 17.6 Å². The molecular weight excluding hydrogens is 290 g/mol. The molecule has 0 aromatic heterocycles. The lowest BCUT2D eigenvalue weighted by Crippen LogP contribution is -2.23. The number of anilines is 1. The van der Waals surface area contributed by atoms with Crippen molar-refractivity contribution in [1.29, 1.82) is 0 Å². The Morgan fingerprint density at radius 3 is 2.43 bits per heavy atom. The van der Waals surface area contributed by atoms with Crippen LogP contribution in [0.2, 0.25) is 0 Å². The van der Waals surface area contributed by atoms with E-state index < -0.39 is 5.97 Å². The van der Waals surface area contributed by atoms with Crippen molar-refractivity contribution in [2.75, 3.05) is 11.4 Å². The number of amides is 1. The number of carbonyl (C=O) groups is 2. The zero-order valence-corrected chi connectivity index (χ0v) is 13.3. The molecule has 1 fully saturated rings. The zero-order valence-electron chi connectivity index (χ0n) is 13.3. The summed E-state index contributed by atoms with van der Waals surface area (Å²) in [6.45, 7) is 4.65. The monoisotopic (exact) mass is 309 g/mol. The normalized spacial score (nSPS) is 14.2. The van der Waals surface area contributed by atoms with Crippen LogP contribution in [-0.4, -0.2) is 18.4 Å². The number of ether oxygens (including phenoxy) is 1. The lowest BCUT2D eigenvalue weighted by Gasteiger charge is -2.15. The molecule has 1 heterocycles. The molecule has 0 unspecified atom stereocenters. The lowest BCUT2D eigenvalue weighted by molar-refractivity contribution is -0.117. The van der Waals surface area contributed by atoms with Gasteiger partial charge >= 0.3 is 5.97 Å². The molecule has 2 aromatic carbocycles. The minimum Gasteiger partial charge on any atom is -0.423 e. The Morgan fingerprint density at radius 1 is 1.09 bits per heavy atom. The summed E-state index contributed by atoms with van der Waals surface area (Å²) in [4.78, 5) is 25.7. The van der Waals surface area contributed by atoms with Gasteiger partial charge in [0.2, 0.25) is 5.91 Å². The van der Waals surface area contributed by atoms with E-state index in [1.807, 2.05) is 26.0 Å². The highest BCUT2D eigenvalue weighted by Crippen LogP contribution is 2.23. The summed E-state index contributed by atoms with van der Waals surface area (Å²) in [5.41, 5.74) is 3.36. The molecule has 0 aliphatic carbocycles. The van der Waals surface area contributed by atoms with E-state index in [9.17, 15) is 9.59 Å². The van der Waals surface area contributed by atoms with Crippen LogP contribution >= 0.6 is 0 Å². The van der Waals surface area contributed by atoms with Crippen LogP contribution in [0.1, 0.15) is 34.3 Å². The fourth-order valence-corrected chi connectivity index (χ4v) is 2.77. The maximum atomic E-state index is 12.2. The standard InChI is InChI=1S/C19H19NO3/c1-13-5-10-17(14(2)12-13)23-19(22)15-6-8-16(9-7-15)20-11-3-4-18(20)21/h5-10,12H,3-4,11H2,1-2H3. The van der Waals surface area contributed by atoms with E-state index in [4.69, 9.17) is 4.74 Å². The van der Waals surface area contributed by atoms with Crippen molar-refractivity contribution in [2.24, 2.45) is 0 Å². The molecule has 2 aromatic rings. The van der Waals surface area contributed by atoms with Gasteiger partial charge in [-0.1, -0.05) is 17.7 Å². The Morgan fingerprint density at radius 2 is 1.83 bits per heavy atom. The summed E-state index contributed by atoms with van der Waals surface area (Å²) in [6.07, 6.45) is 1.48. The first kappa shape index (κ1) is 15.3. The molecule has 1 aliphatic rings. The van der Waals surface area contributed by atoms with Gasteiger partial charge in [-0.25, -0.2) is 4.79 Å². The lowest BCUT2D eigenvalue weighted by atomic mass is 10.1. The van der Waals surface area contributed by atoms with E-state index >= 15 is 0 Å². The second kappa shape index (κ2) is 6.24. The van der Waals surface area contributed by atoms with Crippen LogP contribution in [0.25, 0.3) is 0 Å². The number of nitrogens with zero attached hydrogens (tertiary/aromatic N) is 1. The molecule has 0 saturated carbocycles. The highest BCUT2D eigenvalue weighted by Gasteiger charge is 2.21. The molecule has 0 atom stereocenters. The second-order valence-electron chi connectivity index (χ2n) is 5.85. The summed E-state index contributed by atoms with van der Waals surface area (Å²) >= 11 is 0. The molecule has 3 rings (SSSR count). The van der Waals surface area contributed by atoms with Gasteiger partial charge in [0, 0.05) is 18.7 Å². The van der Waals surface area contributed by atoms with E-state index in [-0.39, 0.29) is 5.91 Å². The first-order valence-corrected chi connectivity index (χ1v) is 7.74. The van der Waals surface area contributed by atoms with Crippen molar-refractivity contribution in [3.8, 4) is 5.75 Å². The number of hydrogen-bond donors (Lipinski definition) is 0. The molecule has 0 N–H and O–H groups in total. The van der Waals surface area contributed by atoms with E-state index in [0.29, 0.717) is 17.7 Å². The Hall–Kier alpha value is -2.62. The Balaban J connectivity index is 1.74. The summed E-state index contributed by atoms with van der Waals surface area (Å²) in [6, 6.07) is 12.7. The quantitative estimate of drug-likeness (QED) is 0.642. The third-order valence-electron chi connectivity index (χ3n) is 4.02. The van der Waals surface area contributed by atoms with Gasteiger partial charge in [0.05, 0.1) is 5.56 Å². The van der Waals surface area contributed by atoms with Gasteiger partial charge in [0.25, 0.3) is 0 Å². The highest BCUT2D eigenvalue weighted by molar-refractivity contribution is 5.96. The number of carbonyl (C=O) groups excluding carboxylic acids is 2. The van der Waals surface area contributed by atoms with Gasteiger partial charge in [0.15, 0.2) is 0 Å². The first-order valence-electron chi connectivity index (χ1n) is 7.74. The molecule has 1 saturated heterocycles. The van der Waals surface area contributed by atoms with Gasteiger partial charge in [-0.15, -0.1) is 0 Å². The van der Waals surface area contributed by atoms with E-state index in [1.54, 1.807) is 35.2 Å². The average molecular weight is 309 g/mol. The average Bonchev–Trinajstić information content (AvgIpc) is 2.96. The van der Waals surface area contributed by atoms with Crippen molar-refractivity contribution in [2.45, 2.75) is 26.7 Å². The predicted molar refractivity (Wildman–Crippen MR) is 88.9 cm³/mol. The van der Waals surface area contributed by atoms with Crippen LogP contribution in [0.15, 0.2) is 42.5 Å². The van der Waals surface area contributed by atoms with Gasteiger partial charge in [-0.3, -0.25) is 4.79 Å². The number of aryl methyl sites for hydroxylation is 2. The smallest absolute Gasteiger partial charge is 0.343 e. The van der Waals surface area contributed by atoms with Crippen molar-refractivity contribution in [3.05, 3.63) is 59.2 Å². The van der Waals surface area contributed by atoms with E-state index in [0.717, 1.165) is 29.8 Å². The fourth-order valence-electron chi connectivity index (χ4n) is 2.77. The topological polar surface area (TPSA) is 46.6 Å². The minimum atomic E-state index is -0.392. The molecule has 0 spiro atoms. The second-order valence-corrected chi connectivity index (χ2v) is 5.85. The fraction of sp³-hybridized carbons (Fsp3) is 0.263. The maximum Gasteiger partial charge on any atom is 0.343 e. The van der Waals surface area contributed by atoms with Crippen LogP contribution in [0.4, 0.5) is 5.69 Å². The Kier molecular flexibility index (Phi) is 4.15. The maximum absolute atomic E-state index is 12.2. The van der Waals surface area contributed by atoms with Gasteiger partial charge in [0.1, 0.15) is 5.75 Å². The van der Waals surface area contributed by atoms with Crippen LogP contribution in [0, 0.1) is 13.8 Å². The summed E-state index contributed by atoms with van der Waals surface area (Å²) < 4.78 is 5.45. The third kappa shape index (κ3) is 3.26. The predicted octanol–water partition coefficient (Wildman–Crippen LogP) is 3.65. The van der Waals surface area contributed by atoms with Crippen LogP contribution in [0.3, 0.4) is 0 Å². The summed E-state index contributed by atoms with van der Waals surface area (Å²) in [5.74, 6) is 0.311. The minimum absolute atomic E-state index is 0.135. The first-order chi connectivity index (χ1) is 11.0. The molecule has 118 valence electrons. The molecule has 1 aliphatic heterocycles. The van der Waals surface area contributed by atoms with Crippen molar-refractivity contribution < 1.29 is 14.3 Å². The number of hydrogen-bond acceptors (Lipinski definition) is 3. The van der Waals surface area contributed by atoms with Gasteiger partial charge < -0.3 is 9.64 Å². The molecule has 1 amide bonds. The van der Waals surface area contributed by atoms with Gasteiger partial charge in [-0.2, -0.15) is 0 Å². The van der Waals surface area contributed by atoms with Crippen molar-refractivity contribution in [3.63, 3.8) is 0 Å². The molecule has 23 heavy (non-hydrogen) atoms. The van der Waals surface area contributed by atoms with E-state index in [2.05, 4.69) is 0 Å². The molecule has 0 radical (unpaired) electrons. The SMILES string of the molecule is Cc1ccc(OC(=O)c2ccc(N3CCCC3=O)cc2)c(C)c1. The molecule has 4 heteroatoms. The number of rotatable bonds is 3. The van der Waals surface area contributed by atoms with Crippen LogP contribution in [-0.2, 0) is 4.79 Å². The highest BCUT2D eigenvalue weighted by atomic mass is 16.5. The van der Waals surface area contributed by atoms with Crippen LogP contribution < -0.4 is 9.64 Å². The molecule has 0 bridgehead atoms. The Labute approximate surface area is 135 Å². The molecular formula is C19H19NO3. The molecule has 4 nitrogen and oxygen atoms in total. The number of benzene rings is 2. The summed E-state index contributed by atoms with van der Waals surface area (Å²) in [7, 11) is 0. The van der Waals surface area contributed by atoms with E-state index in [1.165, 1.54) is 0 Å². The zero-order chi connectivity index (χ0) is 16.4. The third-order valence-corrected chi connectivity index (χ3v) is 4.02. The van der Waals surface area contributed by atoms with Gasteiger partial charge in [-0.05, 0) is 56.2 Å². The summed E-state index contributed by atoms with van der Waals surface area (Å²) in [5, 5.41) is 0. The van der Waals surface area contributed by atoms with Crippen molar-refractivity contribution in [1.82, 2.24) is 0 Å². The Bertz CT molecular complexity index is 750. The number of esters is 1. The largest absolute Gasteiger partial charge is 0.423 e.